The summed E-state index contributed by atoms with van der Waals surface area (Å²) in [5.74, 6) is -0.849. The molecule has 30 heavy (non-hydrogen) atoms. The number of benzene rings is 1. The molecule has 0 bridgehead atoms. The van der Waals surface area contributed by atoms with Crippen molar-refractivity contribution in [3.05, 3.63) is 56.3 Å². The van der Waals surface area contributed by atoms with Crippen molar-refractivity contribution >= 4 is 40.7 Å². The predicted molar refractivity (Wildman–Crippen MR) is 118 cm³/mol. The highest BCUT2D eigenvalue weighted by Gasteiger charge is 2.24. The average Bonchev–Trinajstić information content (AvgIpc) is 3.18. The summed E-state index contributed by atoms with van der Waals surface area (Å²) in [6.45, 7) is 3.64. The molecule has 0 unspecified atom stereocenters. The number of thiophene rings is 1. The topological polar surface area (TPSA) is 117 Å². The Hall–Kier alpha value is -3.27. The number of nitro benzene ring substituents is 1. The minimum absolute atomic E-state index is 0.0591. The van der Waals surface area contributed by atoms with Gasteiger partial charge in [-0.1, -0.05) is 26.0 Å². The Balaban J connectivity index is 2.02. The lowest BCUT2D eigenvalue weighted by molar-refractivity contribution is -0.384. The van der Waals surface area contributed by atoms with Crippen LogP contribution >= 0.6 is 11.3 Å². The molecular formula is C20H25N5O4S. The van der Waals surface area contributed by atoms with E-state index in [9.17, 15) is 19.7 Å². The van der Waals surface area contributed by atoms with Gasteiger partial charge in [-0.15, -0.1) is 11.3 Å². The first-order valence-corrected chi connectivity index (χ1v) is 10.2. The smallest absolute Gasteiger partial charge is 0.293 e. The monoisotopic (exact) mass is 431 g/mol. The fraction of sp³-hybridized carbons (Fsp3) is 0.350. The van der Waals surface area contributed by atoms with Crippen molar-refractivity contribution in [2.75, 3.05) is 19.0 Å². The Morgan fingerprint density at radius 3 is 2.60 bits per heavy atom. The van der Waals surface area contributed by atoms with Crippen LogP contribution in [0.15, 0.2) is 40.8 Å². The summed E-state index contributed by atoms with van der Waals surface area (Å²) in [7, 11) is 3.43. The number of carbonyl (C=O) groups excluding carboxylic acids is 2. The number of rotatable bonds is 9. The fourth-order valence-corrected chi connectivity index (χ4v) is 3.42. The normalized spacial score (nSPS) is 12.0. The zero-order valence-corrected chi connectivity index (χ0v) is 18.1. The number of amides is 2. The van der Waals surface area contributed by atoms with Crippen LogP contribution in [0.4, 0.5) is 11.4 Å². The van der Waals surface area contributed by atoms with Gasteiger partial charge in [0.25, 0.3) is 11.6 Å². The van der Waals surface area contributed by atoms with E-state index in [0.717, 1.165) is 4.88 Å². The number of nitro groups is 1. The number of carbonyl (C=O) groups is 2. The van der Waals surface area contributed by atoms with E-state index in [2.05, 4.69) is 15.8 Å². The van der Waals surface area contributed by atoms with E-state index in [-0.39, 0.29) is 23.9 Å². The molecule has 9 nitrogen and oxygen atoms in total. The second-order valence-corrected chi connectivity index (χ2v) is 8.21. The highest BCUT2D eigenvalue weighted by Crippen LogP contribution is 2.27. The molecular weight excluding hydrogens is 406 g/mol. The fourth-order valence-electron chi connectivity index (χ4n) is 2.72. The zero-order chi connectivity index (χ0) is 22.3. The molecule has 0 saturated carbocycles. The quantitative estimate of drug-likeness (QED) is 0.359. The highest BCUT2D eigenvalue weighted by molar-refractivity contribution is 7.10. The van der Waals surface area contributed by atoms with E-state index < -0.39 is 16.9 Å². The third-order valence-electron chi connectivity index (χ3n) is 4.25. The van der Waals surface area contributed by atoms with Crippen molar-refractivity contribution in [2.45, 2.75) is 26.3 Å². The lowest BCUT2D eigenvalue weighted by Gasteiger charge is -2.20. The van der Waals surface area contributed by atoms with Crippen LogP contribution in [0.3, 0.4) is 0 Å². The van der Waals surface area contributed by atoms with Crippen LogP contribution in [0.25, 0.3) is 0 Å². The molecule has 160 valence electrons. The maximum atomic E-state index is 12.5. The molecule has 1 atom stereocenters. The van der Waals surface area contributed by atoms with E-state index in [4.69, 9.17) is 0 Å². The Kier molecular flexibility index (Phi) is 8.05. The number of anilines is 1. The van der Waals surface area contributed by atoms with Crippen LogP contribution in [0, 0.1) is 16.0 Å². The van der Waals surface area contributed by atoms with Crippen LogP contribution in [0.5, 0.6) is 0 Å². The van der Waals surface area contributed by atoms with E-state index >= 15 is 0 Å². The first-order chi connectivity index (χ1) is 14.2. The van der Waals surface area contributed by atoms with Crippen LogP contribution in [0.1, 0.15) is 24.3 Å². The molecule has 1 heterocycles. The highest BCUT2D eigenvalue weighted by atomic mass is 32.1. The van der Waals surface area contributed by atoms with Gasteiger partial charge in [0.1, 0.15) is 11.7 Å². The molecule has 2 rings (SSSR count). The molecule has 2 aromatic rings. The third-order valence-corrected chi connectivity index (χ3v) is 5.12. The SMILES string of the molecule is CC(C)[C@H](NC(=O)Cc1cccs1)C(=O)NN=Cc1ccc(N(C)C)c([N+](=O)[O-])c1. The van der Waals surface area contributed by atoms with Crippen molar-refractivity contribution in [3.63, 3.8) is 0 Å². The van der Waals surface area contributed by atoms with Crippen LogP contribution in [-0.2, 0) is 16.0 Å². The maximum absolute atomic E-state index is 12.5. The summed E-state index contributed by atoms with van der Waals surface area (Å²) in [4.78, 5) is 38.1. The summed E-state index contributed by atoms with van der Waals surface area (Å²) in [5.41, 5.74) is 3.28. The lowest BCUT2D eigenvalue weighted by Crippen LogP contribution is -2.49. The average molecular weight is 432 g/mol. The Labute approximate surface area is 178 Å². The molecule has 0 fully saturated rings. The first-order valence-electron chi connectivity index (χ1n) is 9.29. The minimum atomic E-state index is -0.750. The van der Waals surface area contributed by atoms with Crippen LogP contribution in [0.2, 0.25) is 0 Å². The first kappa shape index (κ1) is 23.0. The second kappa shape index (κ2) is 10.5. The van der Waals surface area contributed by atoms with E-state index in [1.807, 2.05) is 31.4 Å². The summed E-state index contributed by atoms with van der Waals surface area (Å²) in [5, 5.41) is 19.8. The van der Waals surface area contributed by atoms with E-state index in [0.29, 0.717) is 11.3 Å². The zero-order valence-electron chi connectivity index (χ0n) is 17.3. The largest absolute Gasteiger partial charge is 0.372 e. The molecule has 10 heteroatoms. The summed E-state index contributed by atoms with van der Waals surface area (Å²) >= 11 is 1.48. The van der Waals surface area contributed by atoms with Crippen molar-refractivity contribution in [1.29, 1.82) is 0 Å². The van der Waals surface area contributed by atoms with Gasteiger partial charge in [-0.3, -0.25) is 19.7 Å². The van der Waals surface area contributed by atoms with Gasteiger partial charge in [-0.25, -0.2) is 5.43 Å². The Morgan fingerprint density at radius 1 is 1.30 bits per heavy atom. The Morgan fingerprint density at radius 2 is 2.03 bits per heavy atom. The molecule has 2 N–H and O–H groups in total. The van der Waals surface area contributed by atoms with Gasteiger partial charge in [0.2, 0.25) is 5.91 Å². The van der Waals surface area contributed by atoms with Crippen LogP contribution in [-0.4, -0.2) is 43.1 Å². The maximum Gasteiger partial charge on any atom is 0.293 e. The molecule has 0 saturated heterocycles. The number of nitrogens with one attached hydrogen (secondary N) is 2. The molecule has 1 aromatic heterocycles. The van der Waals surface area contributed by atoms with Gasteiger partial charge < -0.3 is 10.2 Å². The summed E-state index contributed by atoms with van der Waals surface area (Å²) < 4.78 is 0. The van der Waals surface area contributed by atoms with Crippen molar-refractivity contribution in [3.8, 4) is 0 Å². The molecule has 2 amide bonds. The van der Waals surface area contributed by atoms with Gasteiger partial charge >= 0.3 is 0 Å². The van der Waals surface area contributed by atoms with Crippen LogP contribution < -0.4 is 15.6 Å². The number of hydrazone groups is 1. The predicted octanol–water partition coefficient (Wildman–Crippen LogP) is 2.56. The van der Waals surface area contributed by atoms with Gasteiger partial charge in [0, 0.05) is 30.6 Å². The minimum Gasteiger partial charge on any atom is -0.372 e. The standard InChI is InChI=1S/C20H25N5O4S/c1-13(2)19(22-18(26)11-15-6-5-9-30-15)20(27)23-21-12-14-7-8-16(24(3)4)17(10-14)25(28)29/h5-10,12-13,19H,11H2,1-4H3,(H,22,26)(H,23,27)/t19-/m0/s1. The molecule has 0 aliphatic carbocycles. The van der Waals surface area contributed by atoms with Gasteiger partial charge in [-0.05, 0) is 23.4 Å². The van der Waals surface area contributed by atoms with Gasteiger partial charge in [0.05, 0.1) is 17.6 Å². The molecule has 0 spiro atoms. The summed E-state index contributed by atoms with van der Waals surface area (Å²) in [6, 6.07) is 7.64. The second-order valence-electron chi connectivity index (χ2n) is 7.18. The summed E-state index contributed by atoms with van der Waals surface area (Å²) in [6.07, 6.45) is 1.54. The molecule has 0 aliphatic heterocycles. The van der Waals surface area contributed by atoms with Gasteiger partial charge in [-0.2, -0.15) is 5.10 Å². The molecule has 0 radical (unpaired) electrons. The number of hydrogen-bond donors (Lipinski definition) is 2. The van der Waals surface area contributed by atoms with Crippen molar-refractivity contribution in [1.82, 2.24) is 10.7 Å². The number of nitrogens with zero attached hydrogens (tertiary/aromatic N) is 3. The van der Waals surface area contributed by atoms with E-state index in [1.54, 1.807) is 31.1 Å². The van der Waals surface area contributed by atoms with E-state index in [1.165, 1.54) is 23.6 Å². The molecule has 1 aromatic carbocycles. The van der Waals surface area contributed by atoms with Crippen molar-refractivity contribution < 1.29 is 14.5 Å². The van der Waals surface area contributed by atoms with Crippen molar-refractivity contribution in [2.24, 2.45) is 11.0 Å². The van der Waals surface area contributed by atoms with Gasteiger partial charge in [0.15, 0.2) is 0 Å². The lowest BCUT2D eigenvalue weighted by atomic mass is 10.0. The Bertz CT molecular complexity index is 925. The third kappa shape index (κ3) is 6.38. The molecule has 0 aliphatic rings. The number of hydrogen-bond acceptors (Lipinski definition) is 7.